The molecule has 2 atom stereocenters. The van der Waals surface area contributed by atoms with Crippen LogP contribution in [-0.4, -0.2) is 38.5 Å². The van der Waals surface area contributed by atoms with Gasteiger partial charge in [-0.2, -0.15) is 5.10 Å². The predicted molar refractivity (Wildman–Crippen MR) is 81.7 cm³/mol. The van der Waals surface area contributed by atoms with E-state index in [1.165, 1.54) is 29.8 Å². The lowest BCUT2D eigenvalue weighted by atomic mass is 9.96. The fourth-order valence-corrected chi connectivity index (χ4v) is 3.53. The minimum atomic E-state index is -0.248. The van der Waals surface area contributed by atoms with E-state index in [0.717, 1.165) is 32.4 Å². The van der Waals surface area contributed by atoms with Gasteiger partial charge >= 0.3 is 0 Å². The summed E-state index contributed by atoms with van der Waals surface area (Å²) in [4.78, 5) is 2.46. The van der Waals surface area contributed by atoms with Crippen LogP contribution in [0.2, 0.25) is 0 Å². The summed E-state index contributed by atoms with van der Waals surface area (Å²) in [5.41, 5.74) is 3.96. The number of nitrogens with zero attached hydrogens (tertiary/aromatic N) is 3. The van der Waals surface area contributed by atoms with Crippen LogP contribution in [0.25, 0.3) is 0 Å². The topological polar surface area (TPSA) is 41.3 Å². The van der Waals surface area contributed by atoms with Crippen LogP contribution in [0.1, 0.15) is 57.0 Å². The summed E-state index contributed by atoms with van der Waals surface area (Å²) in [6.45, 7) is 8.33. The third kappa shape index (κ3) is 3.07. The Kier molecular flexibility index (Phi) is 5.22. The van der Waals surface area contributed by atoms with Gasteiger partial charge in [-0.3, -0.25) is 9.58 Å². The number of hydrogen-bond acceptors (Lipinski definition) is 3. The van der Waals surface area contributed by atoms with Gasteiger partial charge in [0.15, 0.2) is 0 Å². The number of hydrogen-bond donors (Lipinski definition) is 1. The summed E-state index contributed by atoms with van der Waals surface area (Å²) in [5, 5.41) is 14.7. The van der Waals surface area contributed by atoms with E-state index in [1.54, 1.807) is 0 Å². The van der Waals surface area contributed by atoms with Gasteiger partial charge in [-0.1, -0.05) is 20.3 Å². The van der Waals surface area contributed by atoms with Crippen LogP contribution in [0.4, 0.5) is 0 Å². The largest absolute Gasteiger partial charge is 0.392 e. The molecule has 1 aromatic heterocycles. The van der Waals surface area contributed by atoms with Crippen LogP contribution in [0.5, 0.6) is 0 Å². The number of aromatic nitrogens is 2. The molecule has 0 radical (unpaired) electrons. The molecule has 0 amide bonds. The van der Waals surface area contributed by atoms with Crippen molar-refractivity contribution in [2.45, 2.75) is 71.6 Å². The van der Waals surface area contributed by atoms with Crippen molar-refractivity contribution in [3.63, 3.8) is 0 Å². The van der Waals surface area contributed by atoms with Gasteiger partial charge in [0, 0.05) is 30.9 Å². The first-order valence-electron chi connectivity index (χ1n) is 8.04. The van der Waals surface area contributed by atoms with Crippen molar-refractivity contribution < 1.29 is 5.11 Å². The van der Waals surface area contributed by atoms with Crippen molar-refractivity contribution in [2.24, 2.45) is 7.05 Å². The number of aryl methyl sites for hydroxylation is 2. The van der Waals surface area contributed by atoms with Gasteiger partial charge in [-0.15, -0.1) is 0 Å². The van der Waals surface area contributed by atoms with Gasteiger partial charge in [0.2, 0.25) is 0 Å². The monoisotopic (exact) mass is 279 g/mol. The van der Waals surface area contributed by atoms with Gasteiger partial charge in [0.25, 0.3) is 0 Å². The maximum Gasteiger partial charge on any atom is 0.0669 e. The number of rotatable bonds is 5. The van der Waals surface area contributed by atoms with E-state index in [0.29, 0.717) is 6.04 Å². The smallest absolute Gasteiger partial charge is 0.0669 e. The van der Waals surface area contributed by atoms with E-state index in [2.05, 4.69) is 23.8 Å². The fourth-order valence-electron chi connectivity index (χ4n) is 3.53. The van der Waals surface area contributed by atoms with Gasteiger partial charge in [-0.25, -0.2) is 0 Å². The molecule has 1 aliphatic heterocycles. The van der Waals surface area contributed by atoms with Gasteiger partial charge in [0.05, 0.1) is 11.8 Å². The average Bonchev–Trinajstić information content (AvgIpc) is 2.74. The van der Waals surface area contributed by atoms with Crippen LogP contribution in [0.3, 0.4) is 0 Å². The molecule has 1 aromatic rings. The Morgan fingerprint density at radius 3 is 2.65 bits per heavy atom. The Balaban J connectivity index is 2.23. The third-order valence-corrected chi connectivity index (χ3v) is 4.61. The van der Waals surface area contributed by atoms with E-state index < -0.39 is 0 Å². The standard InChI is InChI=1S/C16H29N3O/c1-5-14-13(15(6-2)18(4)17-14)11-19-10-8-7-9-16(19)12(3)20/h12,16,20H,5-11H2,1-4H3. The second-order valence-corrected chi connectivity index (χ2v) is 5.98. The number of likely N-dealkylation sites (tertiary alicyclic amines) is 1. The van der Waals surface area contributed by atoms with Crippen molar-refractivity contribution in [3.8, 4) is 0 Å². The van der Waals surface area contributed by atoms with Crippen molar-refractivity contribution >= 4 is 0 Å². The zero-order valence-corrected chi connectivity index (χ0v) is 13.4. The SMILES string of the molecule is CCc1nn(C)c(CC)c1CN1CCCCC1C(C)O. The number of aliphatic hydroxyl groups is 1. The predicted octanol–water partition coefficient (Wildman–Crippen LogP) is 2.28. The molecule has 0 aromatic carbocycles. The molecule has 1 N–H and O–H groups in total. The summed E-state index contributed by atoms with van der Waals surface area (Å²) in [6.07, 6.45) is 5.35. The summed E-state index contributed by atoms with van der Waals surface area (Å²) >= 11 is 0. The molecule has 114 valence electrons. The Bertz CT molecular complexity index is 439. The van der Waals surface area contributed by atoms with Crippen LogP contribution in [0, 0.1) is 0 Å². The molecular weight excluding hydrogens is 250 g/mol. The van der Waals surface area contributed by atoms with Gasteiger partial charge in [0.1, 0.15) is 0 Å². The van der Waals surface area contributed by atoms with E-state index >= 15 is 0 Å². The molecular formula is C16H29N3O. The lowest BCUT2D eigenvalue weighted by Gasteiger charge is -2.37. The van der Waals surface area contributed by atoms with Crippen molar-refractivity contribution in [1.29, 1.82) is 0 Å². The highest BCUT2D eigenvalue weighted by molar-refractivity contribution is 5.26. The van der Waals surface area contributed by atoms with Crippen LogP contribution in [-0.2, 0) is 26.4 Å². The zero-order chi connectivity index (χ0) is 14.7. The molecule has 4 nitrogen and oxygen atoms in total. The maximum atomic E-state index is 10.0. The van der Waals surface area contributed by atoms with Gasteiger partial charge in [-0.05, 0) is 39.2 Å². The number of aliphatic hydroxyl groups excluding tert-OH is 1. The summed E-state index contributed by atoms with van der Waals surface area (Å²) in [6, 6.07) is 0.304. The molecule has 1 aliphatic rings. The molecule has 0 saturated carbocycles. The highest BCUT2D eigenvalue weighted by atomic mass is 16.3. The van der Waals surface area contributed by atoms with E-state index in [4.69, 9.17) is 0 Å². The minimum Gasteiger partial charge on any atom is -0.392 e. The molecule has 0 spiro atoms. The zero-order valence-electron chi connectivity index (χ0n) is 13.4. The molecule has 2 rings (SSSR count). The Morgan fingerprint density at radius 2 is 2.05 bits per heavy atom. The molecule has 0 bridgehead atoms. The molecule has 20 heavy (non-hydrogen) atoms. The molecule has 1 saturated heterocycles. The Morgan fingerprint density at radius 1 is 1.30 bits per heavy atom. The van der Waals surface area contributed by atoms with Crippen molar-refractivity contribution in [1.82, 2.24) is 14.7 Å². The minimum absolute atomic E-state index is 0.248. The second kappa shape index (κ2) is 6.72. The lowest BCUT2D eigenvalue weighted by molar-refractivity contribution is 0.0314. The Hall–Kier alpha value is -0.870. The van der Waals surface area contributed by atoms with Gasteiger partial charge < -0.3 is 5.11 Å². The van der Waals surface area contributed by atoms with Crippen LogP contribution in [0.15, 0.2) is 0 Å². The number of piperidine rings is 1. The summed E-state index contributed by atoms with van der Waals surface area (Å²) in [5.74, 6) is 0. The molecule has 4 heteroatoms. The quantitative estimate of drug-likeness (QED) is 0.899. The Labute approximate surface area is 122 Å². The normalized spacial score (nSPS) is 22.1. The fraction of sp³-hybridized carbons (Fsp3) is 0.812. The van der Waals surface area contributed by atoms with Crippen LogP contribution < -0.4 is 0 Å². The highest BCUT2D eigenvalue weighted by Crippen LogP contribution is 2.25. The first kappa shape index (κ1) is 15.5. The summed E-state index contributed by atoms with van der Waals surface area (Å²) < 4.78 is 2.04. The molecule has 2 unspecified atom stereocenters. The first-order valence-corrected chi connectivity index (χ1v) is 8.04. The molecule has 2 heterocycles. The van der Waals surface area contributed by atoms with Crippen molar-refractivity contribution in [2.75, 3.05) is 6.54 Å². The van der Waals surface area contributed by atoms with E-state index in [9.17, 15) is 5.11 Å². The highest BCUT2D eigenvalue weighted by Gasteiger charge is 2.28. The van der Waals surface area contributed by atoms with Crippen molar-refractivity contribution in [3.05, 3.63) is 17.0 Å². The average molecular weight is 279 g/mol. The first-order chi connectivity index (χ1) is 9.58. The van der Waals surface area contributed by atoms with E-state index in [1.807, 2.05) is 18.7 Å². The third-order valence-electron chi connectivity index (χ3n) is 4.61. The second-order valence-electron chi connectivity index (χ2n) is 5.98. The maximum absolute atomic E-state index is 10.0. The van der Waals surface area contributed by atoms with E-state index in [-0.39, 0.29) is 6.10 Å². The molecule has 1 fully saturated rings. The van der Waals surface area contributed by atoms with Crippen LogP contribution >= 0.6 is 0 Å². The summed E-state index contributed by atoms with van der Waals surface area (Å²) in [7, 11) is 2.05. The molecule has 0 aliphatic carbocycles. The lowest BCUT2D eigenvalue weighted by Crippen LogP contribution is -2.45.